The van der Waals surface area contributed by atoms with Gasteiger partial charge < -0.3 is 0 Å². The van der Waals surface area contributed by atoms with Gasteiger partial charge in [-0.15, -0.1) is 0 Å². The van der Waals surface area contributed by atoms with Crippen LogP contribution in [-0.2, 0) is 17.4 Å². The molecule has 1 aromatic rings. The fourth-order valence-corrected chi connectivity index (χ4v) is 1.68. The molecule has 0 aromatic heterocycles. The van der Waals surface area contributed by atoms with Crippen LogP contribution in [-0.4, -0.2) is 10.7 Å². The van der Waals surface area contributed by atoms with Gasteiger partial charge in [0.25, 0.3) is 5.69 Å². The minimum absolute atomic E-state index is 0.189. The maximum Gasteiger partial charge on any atom is 0.416 e. The predicted octanol–water partition coefficient (Wildman–Crippen LogP) is 3.53. The molecule has 0 spiro atoms. The highest BCUT2D eigenvalue weighted by Gasteiger charge is 2.35. The van der Waals surface area contributed by atoms with Crippen molar-refractivity contribution < 1.29 is 22.9 Å². The first-order valence-corrected chi connectivity index (χ1v) is 5.62. The maximum absolute atomic E-state index is 12.8. The van der Waals surface area contributed by atoms with Gasteiger partial charge in [0.05, 0.1) is 10.5 Å². The van der Waals surface area contributed by atoms with Crippen LogP contribution in [0, 0.1) is 10.1 Å². The number of carbonyl (C=O) groups is 1. The highest BCUT2D eigenvalue weighted by atomic mass is 19.4. The molecule has 0 amide bonds. The molecule has 7 heteroatoms. The minimum Gasteiger partial charge on any atom is -0.299 e. The number of rotatable bonds is 5. The van der Waals surface area contributed by atoms with Gasteiger partial charge in [-0.05, 0) is 12.0 Å². The third-order valence-electron chi connectivity index (χ3n) is 2.53. The molecule has 0 aliphatic carbocycles. The Morgan fingerprint density at radius 1 is 1.37 bits per heavy atom. The molecule has 0 saturated heterocycles. The third-order valence-corrected chi connectivity index (χ3v) is 2.53. The van der Waals surface area contributed by atoms with E-state index in [1.165, 1.54) is 0 Å². The standard InChI is InChI=1S/C12H12F3NO3/c1-2-3-10(17)6-8-4-5-9(16(18)19)7-11(8)12(13,14)15/h4-5,7H,2-3,6H2,1H3. The maximum atomic E-state index is 12.8. The number of ketones is 1. The monoisotopic (exact) mass is 275 g/mol. The van der Waals surface area contributed by atoms with E-state index in [4.69, 9.17) is 0 Å². The van der Waals surface area contributed by atoms with Crippen molar-refractivity contribution in [2.45, 2.75) is 32.4 Å². The largest absolute Gasteiger partial charge is 0.416 e. The molecule has 19 heavy (non-hydrogen) atoms. The molecule has 1 aromatic carbocycles. The summed E-state index contributed by atoms with van der Waals surface area (Å²) >= 11 is 0. The van der Waals surface area contributed by atoms with E-state index in [9.17, 15) is 28.1 Å². The first-order valence-electron chi connectivity index (χ1n) is 5.62. The minimum atomic E-state index is -4.71. The molecule has 0 radical (unpaired) electrons. The first kappa shape index (κ1) is 15.1. The average molecular weight is 275 g/mol. The second-order valence-corrected chi connectivity index (χ2v) is 4.06. The van der Waals surface area contributed by atoms with Gasteiger partial charge in [-0.1, -0.05) is 13.0 Å². The molecule has 104 valence electrons. The van der Waals surface area contributed by atoms with Crippen molar-refractivity contribution in [1.29, 1.82) is 0 Å². The van der Waals surface area contributed by atoms with E-state index in [-0.39, 0.29) is 24.2 Å². The molecule has 0 bridgehead atoms. The van der Waals surface area contributed by atoms with Crippen molar-refractivity contribution in [1.82, 2.24) is 0 Å². The van der Waals surface area contributed by atoms with Crippen molar-refractivity contribution in [2.24, 2.45) is 0 Å². The van der Waals surface area contributed by atoms with Crippen LogP contribution in [0.5, 0.6) is 0 Å². The highest BCUT2D eigenvalue weighted by molar-refractivity contribution is 5.81. The summed E-state index contributed by atoms with van der Waals surface area (Å²) < 4.78 is 38.4. The van der Waals surface area contributed by atoms with E-state index in [1.807, 2.05) is 0 Å². The Balaban J connectivity index is 3.17. The summed E-state index contributed by atoms with van der Waals surface area (Å²) in [6.45, 7) is 1.75. The average Bonchev–Trinajstić information content (AvgIpc) is 2.27. The molecular weight excluding hydrogens is 263 g/mol. The number of hydrogen-bond donors (Lipinski definition) is 0. The van der Waals surface area contributed by atoms with Gasteiger partial charge >= 0.3 is 6.18 Å². The number of halogens is 3. The summed E-state index contributed by atoms with van der Waals surface area (Å²) in [5, 5.41) is 10.5. The number of nitrogens with zero attached hydrogens (tertiary/aromatic N) is 1. The number of nitro groups is 1. The molecule has 0 atom stereocenters. The van der Waals surface area contributed by atoms with Crippen molar-refractivity contribution in [2.75, 3.05) is 0 Å². The number of nitro benzene ring substituents is 1. The molecule has 0 heterocycles. The van der Waals surface area contributed by atoms with Gasteiger partial charge in [-0.25, -0.2) is 0 Å². The molecular formula is C12H12F3NO3. The van der Waals surface area contributed by atoms with Crippen LogP contribution < -0.4 is 0 Å². The van der Waals surface area contributed by atoms with Crippen molar-refractivity contribution >= 4 is 11.5 Å². The van der Waals surface area contributed by atoms with Crippen LogP contribution in [0.25, 0.3) is 0 Å². The van der Waals surface area contributed by atoms with Crippen molar-refractivity contribution in [3.05, 3.63) is 39.4 Å². The molecule has 0 aliphatic heterocycles. The van der Waals surface area contributed by atoms with Gasteiger partial charge in [0.15, 0.2) is 0 Å². The second-order valence-electron chi connectivity index (χ2n) is 4.06. The second kappa shape index (κ2) is 5.81. The topological polar surface area (TPSA) is 60.2 Å². The fourth-order valence-electron chi connectivity index (χ4n) is 1.68. The van der Waals surface area contributed by atoms with E-state index in [2.05, 4.69) is 0 Å². The molecule has 0 fully saturated rings. The summed E-state index contributed by atoms with van der Waals surface area (Å²) in [5.41, 5.74) is -1.98. The van der Waals surface area contributed by atoms with Gasteiger partial charge in [0.1, 0.15) is 5.78 Å². The number of hydrogen-bond acceptors (Lipinski definition) is 3. The van der Waals surface area contributed by atoms with Crippen LogP contribution in [0.2, 0.25) is 0 Å². The van der Waals surface area contributed by atoms with E-state index >= 15 is 0 Å². The van der Waals surface area contributed by atoms with Gasteiger partial charge in [-0.3, -0.25) is 14.9 Å². The zero-order valence-electron chi connectivity index (χ0n) is 10.2. The lowest BCUT2D eigenvalue weighted by Crippen LogP contribution is -2.13. The summed E-state index contributed by atoms with van der Waals surface area (Å²) in [5.74, 6) is -0.318. The van der Waals surface area contributed by atoms with E-state index < -0.39 is 22.4 Å². The Morgan fingerprint density at radius 3 is 2.47 bits per heavy atom. The Labute approximate surface area is 107 Å². The Morgan fingerprint density at radius 2 is 2.00 bits per heavy atom. The van der Waals surface area contributed by atoms with E-state index in [0.717, 1.165) is 12.1 Å². The quantitative estimate of drug-likeness (QED) is 0.610. The number of benzene rings is 1. The lowest BCUT2D eigenvalue weighted by Gasteiger charge is -2.12. The van der Waals surface area contributed by atoms with Crippen LogP contribution in [0.4, 0.5) is 18.9 Å². The zero-order chi connectivity index (χ0) is 14.6. The van der Waals surface area contributed by atoms with Crippen LogP contribution in [0.3, 0.4) is 0 Å². The highest BCUT2D eigenvalue weighted by Crippen LogP contribution is 2.34. The van der Waals surface area contributed by atoms with Gasteiger partial charge in [-0.2, -0.15) is 13.2 Å². The van der Waals surface area contributed by atoms with Crippen molar-refractivity contribution in [3.63, 3.8) is 0 Å². The van der Waals surface area contributed by atoms with Crippen molar-refractivity contribution in [3.8, 4) is 0 Å². The lowest BCUT2D eigenvalue weighted by molar-refractivity contribution is -0.385. The normalized spacial score (nSPS) is 11.4. The van der Waals surface area contributed by atoms with Gasteiger partial charge in [0.2, 0.25) is 0 Å². The molecule has 0 aliphatic rings. The fraction of sp³-hybridized carbons (Fsp3) is 0.417. The molecule has 1 rings (SSSR count). The summed E-state index contributed by atoms with van der Waals surface area (Å²) in [7, 11) is 0. The number of carbonyl (C=O) groups excluding carboxylic acids is 1. The lowest BCUT2D eigenvalue weighted by atomic mass is 9.99. The Kier molecular flexibility index (Phi) is 4.63. The van der Waals surface area contributed by atoms with E-state index in [0.29, 0.717) is 12.5 Å². The summed E-state index contributed by atoms with van der Waals surface area (Å²) in [6.07, 6.45) is -4.34. The zero-order valence-corrected chi connectivity index (χ0v) is 10.2. The van der Waals surface area contributed by atoms with E-state index in [1.54, 1.807) is 6.92 Å². The SMILES string of the molecule is CCCC(=O)Cc1ccc([N+](=O)[O-])cc1C(F)(F)F. The first-order chi connectivity index (χ1) is 8.75. The Hall–Kier alpha value is -1.92. The smallest absolute Gasteiger partial charge is 0.299 e. The number of alkyl halides is 3. The van der Waals surface area contributed by atoms with Crippen LogP contribution in [0.15, 0.2) is 18.2 Å². The molecule has 0 unspecified atom stereocenters. The predicted molar refractivity (Wildman–Crippen MR) is 61.7 cm³/mol. The number of non-ortho nitro benzene ring substituents is 1. The van der Waals surface area contributed by atoms with Crippen LogP contribution in [0.1, 0.15) is 30.9 Å². The number of Topliss-reactive ketones (excluding diaryl/α,β-unsaturated/α-hetero) is 1. The molecule has 0 N–H and O–H groups in total. The molecule has 0 saturated carbocycles. The summed E-state index contributed by atoms with van der Waals surface area (Å²) in [4.78, 5) is 21.0. The third kappa shape index (κ3) is 4.04. The Bertz CT molecular complexity index is 497. The van der Waals surface area contributed by atoms with Crippen LogP contribution >= 0.6 is 0 Å². The molecule has 4 nitrogen and oxygen atoms in total. The summed E-state index contributed by atoms with van der Waals surface area (Å²) in [6, 6.07) is 2.44. The van der Waals surface area contributed by atoms with Gasteiger partial charge in [0, 0.05) is 25.0 Å².